The van der Waals surface area contributed by atoms with Gasteiger partial charge in [0.15, 0.2) is 0 Å². The number of hydrogen-bond acceptors (Lipinski definition) is 2. The maximum Gasteiger partial charge on any atom is 0.0410 e. The van der Waals surface area contributed by atoms with Crippen LogP contribution in [0.15, 0.2) is 47.2 Å². The molecule has 17 heavy (non-hydrogen) atoms. The second kappa shape index (κ2) is 5.43. The summed E-state index contributed by atoms with van der Waals surface area (Å²) in [6.45, 7) is 0.969. The molecule has 0 spiro atoms. The Labute approximate surface area is 110 Å². The Hall–Kier alpha value is -1.19. The predicted octanol–water partition coefficient (Wildman–Crippen LogP) is 3.57. The summed E-state index contributed by atoms with van der Waals surface area (Å²) in [5.74, 6) is 0. The van der Waals surface area contributed by atoms with Crippen LogP contribution in [0, 0.1) is 0 Å². The summed E-state index contributed by atoms with van der Waals surface area (Å²) in [5.41, 5.74) is 3.65. The highest BCUT2D eigenvalue weighted by molar-refractivity contribution is 9.10. The number of pyridine rings is 1. The lowest BCUT2D eigenvalue weighted by molar-refractivity contribution is 0.402. The normalized spacial score (nSPS) is 10.8. The second-order valence-corrected chi connectivity index (χ2v) is 5.24. The molecule has 88 valence electrons. The van der Waals surface area contributed by atoms with E-state index < -0.39 is 0 Å². The van der Waals surface area contributed by atoms with Crippen LogP contribution in [0.1, 0.15) is 5.56 Å². The molecule has 0 aliphatic rings. The van der Waals surface area contributed by atoms with E-state index in [1.165, 1.54) is 11.1 Å². The third-order valence-corrected chi connectivity index (χ3v) is 2.92. The summed E-state index contributed by atoms with van der Waals surface area (Å²) in [6.07, 6.45) is 3.68. The molecule has 0 aliphatic carbocycles. The minimum absolute atomic E-state index is 0.969. The molecule has 0 bridgehead atoms. The van der Waals surface area contributed by atoms with Crippen molar-refractivity contribution in [2.24, 2.45) is 0 Å². The van der Waals surface area contributed by atoms with Crippen molar-refractivity contribution in [1.29, 1.82) is 0 Å². The molecule has 0 radical (unpaired) electrons. The van der Waals surface area contributed by atoms with E-state index in [0.717, 1.165) is 16.6 Å². The Morgan fingerprint density at radius 1 is 1.06 bits per heavy atom. The maximum absolute atomic E-state index is 4.18. The fourth-order valence-corrected chi connectivity index (χ4v) is 2.10. The molecule has 0 aliphatic heterocycles. The van der Waals surface area contributed by atoms with Crippen LogP contribution in [0.5, 0.6) is 0 Å². The molecule has 2 nitrogen and oxygen atoms in total. The summed E-state index contributed by atoms with van der Waals surface area (Å²) in [5, 5.41) is 0. The smallest absolute Gasteiger partial charge is 0.0410 e. The van der Waals surface area contributed by atoms with Crippen molar-refractivity contribution in [3.05, 3.63) is 52.8 Å². The summed E-state index contributed by atoms with van der Waals surface area (Å²) in [4.78, 5) is 6.34. The number of halogens is 1. The zero-order valence-electron chi connectivity index (χ0n) is 10.0. The molecular weight excluding hydrogens is 276 g/mol. The largest absolute Gasteiger partial charge is 0.305 e. The monoisotopic (exact) mass is 290 g/mol. The predicted molar refractivity (Wildman–Crippen MR) is 74.8 cm³/mol. The molecule has 0 amide bonds. The highest BCUT2D eigenvalue weighted by Crippen LogP contribution is 2.22. The van der Waals surface area contributed by atoms with Gasteiger partial charge in [-0.05, 0) is 47.2 Å². The third-order valence-electron chi connectivity index (χ3n) is 2.49. The quantitative estimate of drug-likeness (QED) is 0.859. The van der Waals surface area contributed by atoms with Crippen LogP contribution in [0.4, 0.5) is 0 Å². The molecule has 2 rings (SSSR count). The summed E-state index contributed by atoms with van der Waals surface area (Å²) < 4.78 is 1.01. The van der Waals surface area contributed by atoms with Gasteiger partial charge in [-0.1, -0.05) is 24.3 Å². The molecule has 0 fully saturated rings. The molecule has 0 unspecified atom stereocenters. The van der Waals surface area contributed by atoms with Crippen molar-refractivity contribution < 1.29 is 0 Å². The van der Waals surface area contributed by atoms with Crippen LogP contribution in [0.2, 0.25) is 0 Å². The van der Waals surface area contributed by atoms with Crippen LogP contribution in [-0.4, -0.2) is 24.0 Å². The SMILES string of the molecule is CN(C)Cc1ccc(-c2cncc(Br)c2)cc1. The van der Waals surface area contributed by atoms with Gasteiger partial charge in [-0.15, -0.1) is 0 Å². The number of nitrogens with zero attached hydrogens (tertiary/aromatic N) is 2. The highest BCUT2D eigenvalue weighted by Gasteiger charge is 2.00. The van der Waals surface area contributed by atoms with E-state index in [9.17, 15) is 0 Å². The van der Waals surface area contributed by atoms with Crippen LogP contribution >= 0.6 is 15.9 Å². The van der Waals surface area contributed by atoms with Crippen LogP contribution < -0.4 is 0 Å². The van der Waals surface area contributed by atoms with E-state index in [1.807, 2.05) is 6.20 Å². The molecule has 0 atom stereocenters. The first-order chi connectivity index (χ1) is 8.15. The van der Waals surface area contributed by atoms with Gasteiger partial charge in [0, 0.05) is 29.0 Å². The van der Waals surface area contributed by atoms with Gasteiger partial charge in [0.25, 0.3) is 0 Å². The average Bonchev–Trinajstić information content (AvgIpc) is 2.29. The van der Waals surface area contributed by atoms with Gasteiger partial charge in [0.05, 0.1) is 0 Å². The van der Waals surface area contributed by atoms with Gasteiger partial charge in [0.1, 0.15) is 0 Å². The van der Waals surface area contributed by atoms with E-state index in [2.05, 4.69) is 70.2 Å². The number of hydrogen-bond donors (Lipinski definition) is 0. The average molecular weight is 291 g/mol. The van der Waals surface area contributed by atoms with Crippen molar-refractivity contribution in [2.75, 3.05) is 14.1 Å². The molecule has 1 heterocycles. The Balaban J connectivity index is 2.23. The minimum Gasteiger partial charge on any atom is -0.305 e. The zero-order chi connectivity index (χ0) is 12.3. The number of aromatic nitrogens is 1. The Bertz CT molecular complexity index is 492. The van der Waals surface area contributed by atoms with Crippen LogP contribution in [0.3, 0.4) is 0 Å². The van der Waals surface area contributed by atoms with E-state index >= 15 is 0 Å². The number of rotatable bonds is 3. The maximum atomic E-state index is 4.18. The summed E-state index contributed by atoms with van der Waals surface area (Å²) >= 11 is 3.44. The van der Waals surface area contributed by atoms with Crippen molar-refractivity contribution in [3.63, 3.8) is 0 Å². The van der Waals surface area contributed by atoms with Crippen molar-refractivity contribution >= 4 is 15.9 Å². The Morgan fingerprint density at radius 3 is 2.35 bits per heavy atom. The first kappa shape index (κ1) is 12.3. The molecule has 1 aromatic heterocycles. The van der Waals surface area contributed by atoms with Gasteiger partial charge in [-0.25, -0.2) is 0 Å². The first-order valence-corrected chi connectivity index (χ1v) is 6.29. The third kappa shape index (κ3) is 3.38. The molecule has 0 saturated carbocycles. The lowest BCUT2D eigenvalue weighted by Crippen LogP contribution is -2.10. The molecule has 0 saturated heterocycles. The molecule has 0 N–H and O–H groups in total. The zero-order valence-corrected chi connectivity index (χ0v) is 11.6. The topological polar surface area (TPSA) is 16.1 Å². The van der Waals surface area contributed by atoms with Crippen molar-refractivity contribution in [3.8, 4) is 11.1 Å². The lowest BCUT2D eigenvalue weighted by Gasteiger charge is -2.10. The van der Waals surface area contributed by atoms with E-state index in [-0.39, 0.29) is 0 Å². The summed E-state index contributed by atoms with van der Waals surface area (Å²) in [7, 11) is 4.15. The summed E-state index contributed by atoms with van der Waals surface area (Å²) in [6, 6.07) is 10.7. The van der Waals surface area contributed by atoms with E-state index in [1.54, 1.807) is 6.20 Å². The Morgan fingerprint density at radius 2 is 1.76 bits per heavy atom. The second-order valence-electron chi connectivity index (χ2n) is 4.33. The number of benzene rings is 1. The van der Waals surface area contributed by atoms with Gasteiger partial charge in [0.2, 0.25) is 0 Å². The van der Waals surface area contributed by atoms with Gasteiger partial charge in [-0.2, -0.15) is 0 Å². The fourth-order valence-electron chi connectivity index (χ4n) is 1.74. The van der Waals surface area contributed by atoms with Crippen molar-refractivity contribution in [2.45, 2.75) is 6.54 Å². The van der Waals surface area contributed by atoms with Crippen LogP contribution in [0.25, 0.3) is 11.1 Å². The standard InChI is InChI=1S/C14H15BrN2/c1-17(2)10-11-3-5-12(6-4-11)13-7-14(15)9-16-8-13/h3-9H,10H2,1-2H3. The first-order valence-electron chi connectivity index (χ1n) is 5.50. The van der Waals surface area contributed by atoms with E-state index in [0.29, 0.717) is 0 Å². The van der Waals surface area contributed by atoms with Gasteiger partial charge < -0.3 is 4.90 Å². The molecular formula is C14H15BrN2. The highest BCUT2D eigenvalue weighted by atomic mass is 79.9. The Kier molecular flexibility index (Phi) is 3.92. The van der Waals surface area contributed by atoms with E-state index in [4.69, 9.17) is 0 Å². The fraction of sp³-hybridized carbons (Fsp3) is 0.214. The molecule has 2 aromatic rings. The van der Waals surface area contributed by atoms with Crippen LogP contribution in [-0.2, 0) is 6.54 Å². The molecule has 3 heteroatoms. The van der Waals surface area contributed by atoms with Gasteiger partial charge in [-0.3, -0.25) is 4.98 Å². The minimum atomic E-state index is 0.969. The lowest BCUT2D eigenvalue weighted by atomic mass is 10.1. The molecule has 1 aromatic carbocycles. The van der Waals surface area contributed by atoms with Gasteiger partial charge >= 0.3 is 0 Å². The van der Waals surface area contributed by atoms with Crippen molar-refractivity contribution in [1.82, 2.24) is 9.88 Å².